The summed E-state index contributed by atoms with van der Waals surface area (Å²) in [5.41, 5.74) is 0.852. The molecule has 1 saturated heterocycles. The van der Waals surface area contributed by atoms with Gasteiger partial charge in [-0.3, -0.25) is 9.48 Å². The Morgan fingerprint density at radius 2 is 1.82 bits per heavy atom. The molecule has 1 aromatic heterocycles. The molecule has 1 fully saturated rings. The van der Waals surface area contributed by atoms with Crippen LogP contribution in [0.25, 0.3) is 10.8 Å². The number of rotatable bonds is 4. The number of carbonyl (C=O) groups is 2. The van der Waals surface area contributed by atoms with Gasteiger partial charge >= 0.3 is 5.97 Å². The lowest BCUT2D eigenvalue weighted by molar-refractivity contribution is 0.0689. The van der Waals surface area contributed by atoms with Crippen molar-refractivity contribution in [2.24, 2.45) is 0 Å². The van der Waals surface area contributed by atoms with E-state index in [2.05, 4.69) is 5.10 Å². The van der Waals surface area contributed by atoms with E-state index in [1.54, 1.807) is 18.0 Å². The number of likely N-dealkylation sites (tertiary alicyclic amines) is 1. The first-order valence-corrected chi connectivity index (χ1v) is 9.21. The molecule has 0 atom stereocenters. The van der Waals surface area contributed by atoms with Crippen LogP contribution in [0, 0.1) is 0 Å². The van der Waals surface area contributed by atoms with E-state index >= 15 is 0 Å². The summed E-state index contributed by atoms with van der Waals surface area (Å²) >= 11 is 0. The number of ether oxygens (including phenoxy) is 1. The molecule has 0 unspecified atom stereocenters. The molecule has 1 aliphatic heterocycles. The third-order valence-electron chi connectivity index (χ3n) is 5.31. The Balaban J connectivity index is 1.51. The lowest BCUT2D eigenvalue weighted by atomic mass is 10.00. The highest BCUT2D eigenvalue weighted by molar-refractivity contribution is 6.08. The molecule has 4 rings (SSSR count). The van der Waals surface area contributed by atoms with Crippen molar-refractivity contribution in [2.45, 2.75) is 18.9 Å². The number of nitrogens with zero attached hydrogens (tertiary/aromatic N) is 3. The molecule has 28 heavy (non-hydrogen) atoms. The highest BCUT2D eigenvalue weighted by atomic mass is 16.5. The second-order valence-electron chi connectivity index (χ2n) is 6.90. The van der Waals surface area contributed by atoms with Crippen molar-refractivity contribution in [1.29, 1.82) is 0 Å². The van der Waals surface area contributed by atoms with E-state index < -0.39 is 5.97 Å². The summed E-state index contributed by atoms with van der Waals surface area (Å²) in [7, 11) is 1.62. The maximum Gasteiger partial charge on any atom is 0.338 e. The van der Waals surface area contributed by atoms with Crippen LogP contribution >= 0.6 is 0 Å². The van der Waals surface area contributed by atoms with E-state index in [1.165, 1.54) is 6.20 Å². The zero-order chi connectivity index (χ0) is 19.7. The number of carboxylic acids is 1. The van der Waals surface area contributed by atoms with E-state index in [-0.39, 0.29) is 17.5 Å². The number of amides is 1. The molecular formula is C21H21N3O4. The molecule has 7 nitrogen and oxygen atoms in total. The molecule has 2 heterocycles. The SMILES string of the molecule is COc1ccc(C(=O)N2CCC(n3cc(C(=O)O)cn3)CC2)c2ccccc12. The van der Waals surface area contributed by atoms with Gasteiger partial charge in [0.2, 0.25) is 0 Å². The minimum Gasteiger partial charge on any atom is -0.496 e. The minimum absolute atomic E-state index is 0.00370. The van der Waals surface area contributed by atoms with Crippen LogP contribution in [0.2, 0.25) is 0 Å². The summed E-state index contributed by atoms with van der Waals surface area (Å²) in [6.07, 6.45) is 4.39. The van der Waals surface area contributed by atoms with E-state index in [0.29, 0.717) is 18.7 Å². The number of carbonyl (C=O) groups excluding carboxylic acids is 1. The van der Waals surface area contributed by atoms with E-state index in [9.17, 15) is 9.59 Å². The summed E-state index contributed by atoms with van der Waals surface area (Å²) in [5, 5.41) is 15.0. The van der Waals surface area contributed by atoms with Crippen LogP contribution in [0.4, 0.5) is 0 Å². The van der Waals surface area contributed by atoms with Crippen molar-refractivity contribution < 1.29 is 19.4 Å². The number of aromatic nitrogens is 2. The number of aromatic carboxylic acids is 1. The number of methoxy groups -OCH3 is 1. The van der Waals surface area contributed by atoms with Crippen molar-refractivity contribution in [1.82, 2.24) is 14.7 Å². The fourth-order valence-corrected chi connectivity index (χ4v) is 3.79. The highest BCUT2D eigenvalue weighted by Gasteiger charge is 2.26. The van der Waals surface area contributed by atoms with Gasteiger partial charge in [0.15, 0.2) is 0 Å². The second-order valence-corrected chi connectivity index (χ2v) is 6.90. The summed E-state index contributed by atoms with van der Waals surface area (Å²) in [6, 6.07) is 11.5. The molecule has 0 bridgehead atoms. The molecule has 1 N–H and O–H groups in total. The number of benzene rings is 2. The minimum atomic E-state index is -0.981. The third kappa shape index (κ3) is 3.19. The van der Waals surface area contributed by atoms with Gasteiger partial charge in [-0.1, -0.05) is 24.3 Å². The summed E-state index contributed by atoms with van der Waals surface area (Å²) in [5.74, 6) is -0.229. The van der Waals surface area contributed by atoms with E-state index in [4.69, 9.17) is 9.84 Å². The largest absolute Gasteiger partial charge is 0.496 e. The zero-order valence-corrected chi connectivity index (χ0v) is 15.5. The Labute approximate surface area is 162 Å². The average molecular weight is 379 g/mol. The Morgan fingerprint density at radius 3 is 2.46 bits per heavy atom. The van der Waals surface area contributed by atoms with E-state index in [0.717, 1.165) is 29.4 Å². The topological polar surface area (TPSA) is 84.7 Å². The van der Waals surface area contributed by atoms with Crippen LogP contribution in [-0.2, 0) is 0 Å². The van der Waals surface area contributed by atoms with Crippen molar-refractivity contribution in [3.05, 3.63) is 59.9 Å². The monoisotopic (exact) mass is 379 g/mol. The first-order chi connectivity index (χ1) is 13.6. The van der Waals surface area contributed by atoms with Gasteiger partial charge in [0.1, 0.15) is 5.75 Å². The third-order valence-corrected chi connectivity index (χ3v) is 5.31. The quantitative estimate of drug-likeness (QED) is 0.752. The lowest BCUT2D eigenvalue weighted by Gasteiger charge is -2.32. The van der Waals surface area contributed by atoms with Crippen LogP contribution in [-0.4, -0.2) is 51.9 Å². The maximum atomic E-state index is 13.1. The molecule has 0 spiro atoms. The van der Waals surface area contributed by atoms with Crippen LogP contribution < -0.4 is 4.74 Å². The smallest absolute Gasteiger partial charge is 0.338 e. The van der Waals surface area contributed by atoms with Crippen LogP contribution in [0.5, 0.6) is 5.75 Å². The van der Waals surface area contributed by atoms with Gasteiger partial charge in [0, 0.05) is 30.2 Å². The molecule has 0 radical (unpaired) electrons. The van der Waals surface area contributed by atoms with Gasteiger partial charge < -0.3 is 14.7 Å². The van der Waals surface area contributed by atoms with Gasteiger partial charge in [-0.2, -0.15) is 5.10 Å². The number of hydrogen-bond donors (Lipinski definition) is 1. The second kappa shape index (κ2) is 7.34. The number of hydrogen-bond acceptors (Lipinski definition) is 4. The Morgan fingerprint density at radius 1 is 1.11 bits per heavy atom. The molecule has 0 saturated carbocycles. The number of fused-ring (bicyclic) bond motifs is 1. The first-order valence-electron chi connectivity index (χ1n) is 9.21. The van der Waals surface area contributed by atoms with Gasteiger partial charge in [-0.05, 0) is 30.4 Å². The van der Waals surface area contributed by atoms with Crippen LogP contribution in [0.3, 0.4) is 0 Å². The maximum absolute atomic E-state index is 13.1. The van der Waals surface area contributed by atoms with Crippen molar-refractivity contribution in [3.8, 4) is 5.75 Å². The number of carboxylic acid groups (broad SMARTS) is 1. The highest BCUT2D eigenvalue weighted by Crippen LogP contribution is 2.30. The zero-order valence-electron chi connectivity index (χ0n) is 15.5. The lowest BCUT2D eigenvalue weighted by Crippen LogP contribution is -2.39. The predicted octanol–water partition coefficient (Wildman–Crippen LogP) is 3.22. The first kappa shape index (κ1) is 18.0. The Kier molecular flexibility index (Phi) is 4.73. The predicted molar refractivity (Wildman–Crippen MR) is 104 cm³/mol. The standard InChI is InChI=1S/C21H21N3O4/c1-28-19-7-6-18(16-4-2-3-5-17(16)19)20(25)23-10-8-15(9-11-23)24-13-14(12-22-24)21(26)27/h2-7,12-13,15H,8-11H2,1H3,(H,26,27). The average Bonchev–Trinajstić information content (AvgIpc) is 3.23. The fraction of sp³-hybridized carbons (Fsp3) is 0.286. The molecule has 7 heteroatoms. The molecule has 1 amide bonds. The van der Waals surface area contributed by atoms with Crippen LogP contribution in [0.15, 0.2) is 48.8 Å². The molecular weight excluding hydrogens is 358 g/mol. The van der Waals surface area contributed by atoms with Crippen molar-refractivity contribution in [2.75, 3.05) is 20.2 Å². The molecule has 144 valence electrons. The summed E-state index contributed by atoms with van der Waals surface area (Å²) in [6.45, 7) is 1.21. The van der Waals surface area contributed by atoms with Crippen molar-refractivity contribution in [3.63, 3.8) is 0 Å². The Hall–Kier alpha value is -3.35. The normalized spacial score (nSPS) is 15.0. The molecule has 1 aliphatic rings. The molecule has 2 aromatic carbocycles. The summed E-state index contributed by atoms with van der Waals surface area (Å²) < 4.78 is 7.12. The number of piperidine rings is 1. The fourth-order valence-electron chi connectivity index (χ4n) is 3.79. The van der Waals surface area contributed by atoms with Crippen molar-refractivity contribution >= 4 is 22.6 Å². The molecule has 0 aliphatic carbocycles. The van der Waals surface area contributed by atoms with Gasteiger partial charge in [0.25, 0.3) is 5.91 Å². The van der Waals surface area contributed by atoms with Crippen LogP contribution in [0.1, 0.15) is 39.6 Å². The summed E-state index contributed by atoms with van der Waals surface area (Å²) in [4.78, 5) is 26.0. The molecule has 3 aromatic rings. The van der Waals surface area contributed by atoms with Gasteiger partial charge in [-0.25, -0.2) is 4.79 Å². The Bertz CT molecular complexity index is 1040. The van der Waals surface area contributed by atoms with E-state index in [1.807, 2.05) is 41.3 Å². The van der Waals surface area contributed by atoms with Gasteiger partial charge in [0.05, 0.1) is 24.9 Å². The van der Waals surface area contributed by atoms with Gasteiger partial charge in [-0.15, -0.1) is 0 Å².